The van der Waals surface area contributed by atoms with Gasteiger partial charge in [0.2, 0.25) is 17.7 Å². The molecule has 0 bridgehead atoms. The Kier molecular flexibility index (Phi) is 25.3. The van der Waals surface area contributed by atoms with Crippen molar-refractivity contribution in [3.63, 3.8) is 0 Å². The molecule has 0 radical (unpaired) electrons. The van der Waals surface area contributed by atoms with Crippen molar-refractivity contribution in [3.05, 3.63) is 34.9 Å². The van der Waals surface area contributed by atoms with Gasteiger partial charge in [-0.2, -0.15) is 0 Å². The van der Waals surface area contributed by atoms with E-state index in [1.807, 2.05) is 0 Å². The summed E-state index contributed by atoms with van der Waals surface area (Å²) in [7, 11) is 0. The van der Waals surface area contributed by atoms with Crippen LogP contribution in [0.5, 0.6) is 0 Å². The van der Waals surface area contributed by atoms with Crippen LogP contribution in [0, 0.1) is 0 Å². The van der Waals surface area contributed by atoms with Gasteiger partial charge in [-0.15, -0.1) is 0 Å². The fourth-order valence-corrected chi connectivity index (χ4v) is 5.08. The largest absolute Gasteiger partial charge is 0.464 e. The first kappa shape index (κ1) is 50.8. The monoisotopic (exact) mass is 824 g/mol. The van der Waals surface area contributed by atoms with E-state index in [-0.39, 0.29) is 108 Å². The van der Waals surface area contributed by atoms with Crippen LogP contribution in [-0.2, 0) is 55.4 Å². The molecule has 19 nitrogen and oxygen atoms in total. The van der Waals surface area contributed by atoms with Crippen molar-refractivity contribution in [3.8, 4) is 0 Å². The Labute approximate surface area is 331 Å². The maximum atomic E-state index is 12.6. The number of rotatable bonds is 24. The molecule has 0 spiro atoms. The second-order valence-corrected chi connectivity index (χ2v) is 13.0. The van der Waals surface area contributed by atoms with E-state index in [4.69, 9.17) is 14.9 Å². The maximum absolute atomic E-state index is 12.6. The van der Waals surface area contributed by atoms with Gasteiger partial charge in [0.05, 0.1) is 6.61 Å². The summed E-state index contributed by atoms with van der Waals surface area (Å²) in [6.07, 6.45) is 5.09. The average Bonchev–Trinajstić information content (AvgIpc) is 3.09. The van der Waals surface area contributed by atoms with Crippen molar-refractivity contribution >= 4 is 41.4 Å². The number of hydrogen-bond donors (Lipinski definition) is 8. The Bertz CT molecular complexity index is 1410. The van der Waals surface area contributed by atoms with Gasteiger partial charge >= 0.3 is 5.97 Å². The summed E-state index contributed by atoms with van der Waals surface area (Å²) in [5.74, 6) is -4.25. The van der Waals surface area contributed by atoms with Crippen LogP contribution in [-0.4, -0.2) is 140 Å². The molecule has 1 fully saturated rings. The summed E-state index contributed by atoms with van der Waals surface area (Å²) >= 11 is 0. The first-order valence-electron chi connectivity index (χ1n) is 17.8. The van der Waals surface area contributed by atoms with E-state index in [1.165, 1.54) is 19.1 Å². The normalized spacial score (nSPS) is 16.6. The number of amides is 6. The number of esters is 1. The third-order valence-electron chi connectivity index (χ3n) is 8.14. The first-order chi connectivity index (χ1) is 25.5. The fourth-order valence-electron chi connectivity index (χ4n) is 5.08. The molecule has 8 N–H and O–H groups in total. The molecule has 3 atom stereocenters. The Hall–Kier alpha value is -4.17. The molecule has 1 aliphatic rings. The molecule has 0 saturated carbocycles. The molecule has 0 aliphatic carbocycles. The number of aliphatic hydroxyl groups is 2. The van der Waals surface area contributed by atoms with Crippen LogP contribution in [0.25, 0.3) is 0 Å². The maximum Gasteiger partial charge on any atom is 0.328 e. The number of carbonyl (C=O) groups is 7. The van der Waals surface area contributed by atoms with Crippen LogP contribution in [0.2, 0.25) is 0 Å². The molecule has 1 saturated heterocycles. The van der Waals surface area contributed by atoms with Gasteiger partial charge in [0.1, 0.15) is 18.1 Å². The van der Waals surface area contributed by atoms with Gasteiger partial charge in [-0.25, -0.2) is 20.0 Å². The molecule has 312 valence electrons. The zero-order valence-corrected chi connectivity index (χ0v) is 32.9. The van der Waals surface area contributed by atoms with E-state index in [0.29, 0.717) is 38.3 Å². The molecule has 1 heterocycles. The molecule has 0 aromatic carbocycles. The second-order valence-electron chi connectivity index (χ2n) is 13.0. The van der Waals surface area contributed by atoms with Crippen LogP contribution in [0.3, 0.4) is 0 Å². The van der Waals surface area contributed by atoms with Crippen molar-refractivity contribution in [1.29, 1.82) is 0 Å². The molecule has 0 aromatic heterocycles. The third-order valence-corrected chi connectivity index (χ3v) is 8.14. The van der Waals surface area contributed by atoms with E-state index < -0.39 is 59.5 Å². The molecule has 0 unspecified atom stereocenters. The number of piperazine rings is 1. The second kappa shape index (κ2) is 27.4. The Morgan fingerprint density at radius 3 is 1.45 bits per heavy atom. The summed E-state index contributed by atoms with van der Waals surface area (Å²) < 4.78 is 5.26. The van der Waals surface area contributed by atoms with Crippen LogP contribution in [0.15, 0.2) is 34.9 Å². The van der Waals surface area contributed by atoms with Crippen molar-refractivity contribution < 1.29 is 81.2 Å². The summed E-state index contributed by atoms with van der Waals surface area (Å²) in [5.41, 5.74) is 1.64. The number of hydroxylamine groups is 6. The molecule has 0 aromatic rings. The van der Waals surface area contributed by atoms with E-state index in [0.717, 1.165) is 6.08 Å². The van der Waals surface area contributed by atoms with Crippen LogP contribution >= 0.6 is 0 Å². The van der Waals surface area contributed by atoms with Crippen molar-refractivity contribution in [2.45, 2.75) is 104 Å². The van der Waals surface area contributed by atoms with E-state index >= 15 is 0 Å². The van der Waals surface area contributed by atoms with Gasteiger partial charge in [0.25, 0.3) is 17.7 Å². The Morgan fingerprint density at radius 1 is 0.691 bits per heavy atom. The minimum absolute atomic E-state index is 0. The molecule has 1 rings (SSSR count). The summed E-state index contributed by atoms with van der Waals surface area (Å²) in [6.45, 7) is 5.30. The van der Waals surface area contributed by atoms with E-state index in [9.17, 15) is 49.2 Å². The predicted molar refractivity (Wildman–Crippen MR) is 190 cm³/mol. The zero-order valence-electron chi connectivity index (χ0n) is 31.8. The van der Waals surface area contributed by atoms with Gasteiger partial charge in [-0.3, -0.25) is 44.4 Å². The number of nitrogens with one attached hydrogen (secondary N) is 3. The van der Waals surface area contributed by atoms with Crippen LogP contribution < -0.4 is 16.0 Å². The zero-order chi connectivity index (χ0) is 40.8. The number of carbonyl (C=O) groups excluding carboxylic acids is 7. The smallest absolute Gasteiger partial charge is 0.328 e. The van der Waals surface area contributed by atoms with Gasteiger partial charge < -0.3 is 30.9 Å². The Morgan fingerprint density at radius 2 is 1.07 bits per heavy atom. The van der Waals surface area contributed by atoms with E-state index in [2.05, 4.69) is 16.0 Å². The average molecular weight is 825 g/mol. The van der Waals surface area contributed by atoms with Gasteiger partial charge in [-0.05, 0) is 72.1 Å². The minimum Gasteiger partial charge on any atom is -0.464 e. The van der Waals surface area contributed by atoms with Crippen molar-refractivity contribution in [1.82, 2.24) is 31.1 Å². The van der Waals surface area contributed by atoms with Gasteiger partial charge in [0.15, 0.2) is 0 Å². The quantitative estimate of drug-likeness (QED) is 0.0210. The number of hydrogen-bond acceptors (Lipinski definition) is 13. The van der Waals surface area contributed by atoms with E-state index in [1.54, 1.807) is 20.8 Å². The van der Waals surface area contributed by atoms with Gasteiger partial charge in [0, 0.05) is 81.5 Å². The van der Waals surface area contributed by atoms with Crippen molar-refractivity contribution in [2.75, 3.05) is 39.5 Å². The summed E-state index contributed by atoms with van der Waals surface area (Å²) in [6, 6.07) is -2.81. The topological polar surface area (TPSA) is 276 Å². The molecular formula is C35H56FeN6O13. The standard InChI is InChI=1S/C35H56N6O13.Fe/c1-23(11-17-42)20-30(45)39(51)14-5-8-27-33(48)38-28(34(49)37-27)9-6-15-40(52)32(47)22-25(3)13-19-54-35(50)29(36-26(4)44)10-7-16-41(53)31(46)21-24(2)12-18-43;/h20-22,27-29,42-43,51-53H,5-19H2,1-4H3,(H,36,44)(H,37,49)(H,38,48);/b23-20+,24-21+,25-22+;/t27-,28-,29-;/m0./s1. The first-order valence-corrected chi connectivity index (χ1v) is 17.8. The molecule has 20 heteroatoms. The Balaban J connectivity index is 0.0000292. The van der Waals surface area contributed by atoms with Crippen LogP contribution in [0.4, 0.5) is 0 Å². The molecule has 1 aliphatic heterocycles. The number of aliphatic hydroxyl groups excluding tert-OH is 2. The predicted octanol–water partition coefficient (Wildman–Crippen LogP) is 0.00280. The summed E-state index contributed by atoms with van der Waals surface area (Å²) in [4.78, 5) is 85.9. The SMILES string of the molecule is CC(=O)N[C@@H](CCCN(O)C(=O)/C=C(\C)CCO)C(=O)OCC/C(C)=C/C(=O)N(O)CCC[C@@H]1NC(=O)[C@H](CCCN(O)C(=O)/C=C(\C)CCO)NC1=O.[Fe]. The van der Waals surface area contributed by atoms with Gasteiger partial charge in [-0.1, -0.05) is 16.7 Å². The molecular weight excluding hydrogens is 768 g/mol. The number of ether oxygens (including phenoxy) is 1. The van der Waals surface area contributed by atoms with Crippen molar-refractivity contribution in [2.24, 2.45) is 0 Å². The van der Waals surface area contributed by atoms with Crippen LogP contribution in [0.1, 0.15) is 85.5 Å². The number of nitrogens with zero attached hydrogens (tertiary/aromatic N) is 3. The minimum atomic E-state index is -1.05. The fraction of sp³-hybridized carbons (Fsp3) is 0.629. The molecule has 6 amide bonds. The molecule has 55 heavy (non-hydrogen) atoms. The third kappa shape index (κ3) is 20.9. The summed E-state index contributed by atoms with van der Waals surface area (Å²) in [5, 5.41) is 57.0.